The Bertz CT molecular complexity index is 578. The van der Waals surface area contributed by atoms with Gasteiger partial charge < -0.3 is 15.2 Å². The van der Waals surface area contributed by atoms with Crippen molar-refractivity contribution >= 4 is 17.0 Å². The van der Waals surface area contributed by atoms with E-state index in [2.05, 4.69) is 25.2 Å². The van der Waals surface area contributed by atoms with Crippen LogP contribution in [0.25, 0.3) is 0 Å². The summed E-state index contributed by atoms with van der Waals surface area (Å²) < 4.78 is 5.48. The van der Waals surface area contributed by atoms with Gasteiger partial charge in [-0.15, -0.1) is 11.3 Å². The van der Waals surface area contributed by atoms with Crippen molar-refractivity contribution in [2.24, 2.45) is 0 Å². The molecule has 3 nitrogen and oxygen atoms in total. The number of thiophene rings is 1. The predicted molar refractivity (Wildman–Crippen MR) is 84.7 cm³/mol. The van der Waals surface area contributed by atoms with Gasteiger partial charge in [-0.25, -0.2) is 0 Å². The topological polar surface area (TPSA) is 41.5 Å². The molecule has 2 N–H and O–H groups in total. The van der Waals surface area contributed by atoms with E-state index in [0.717, 1.165) is 23.5 Å². The second-order valence-electron chi connectivity index (χ2n) is 4.71. The Hall–Kier alpha value is -1.52. The first kappa shape index (κ1) is 14.9. The highest BCUT2D eigenvalue weighted by Crippen LogP contribution is 2.25. The average molecular weight is 291 g/mol. The summed E-state index contributed by atoms with van der Waals surface area (Å²) in [5.74, 6) is 0.753. The molecule has 1 aromatic heterocycles. The van der Waals surface area contributed by atoms with Crippen LogP contribution in [-0.4, -0.2) is 11.7 Å². The Kier molecular flexibility index (Phi) is 5.04. The molecule has 0 aliphatic heterocycles. The monoisotopic (exact) mass is 291 g/mol. The maximum Gasteiger partial charge on any atom is 0.124 e. The molecule has 0 spiro atoms. The number of hydrogen-bond acceptors (Lipinski definition) is 4. The third kappa shape index (κ3) is 3.52. The molecule has 0 saturated heterocycles. The van der Waals surface area contributed by atoms with Gasteiger partial charge in [0.2, 0.25) is 0 Å². The Labute approximate surface area is 124 Å². The highest BCUT2D eigenvalue weighted by Gasteiger charge is 2.06. The first-order chi connectivity index (χ1) is 9.63. The van der Waals surface area contributed by atoms with Gasteiger partial charge in [0, 0.05) is 27.5 Å². The molecular weight excluding hydrogens is 270 g/mol. The van der Waals surface area contributed by atoms with Crippen LogP contribution in [-0.2, 0) is 13.2 Å². The lowest BCUT2D eigenvalue weighted by atomic mass is 10.1. The zero-order chi connectivity index (χ0) is 14.5. The Morgan fingerprint density at radius 3 is 2.60 bits per heavy atom. The van der Waals surface area contributed by atoms with Crippen LogP contribution in [0.4, 0.5) is 5.69 Å². The fraction of sp³-hybridized carbons (Fsp3) is 0.375. The molecule has 0 atom stereocenters. The summed E-state index contributed by atoms with van der Waals surface area (Å²) in [5, 5.41) is 12.8. The predicted octanol–water partition coefficient (Wildman–Crippen LogP) is 3.87. The Morgan fingerprint density at radius 2 is 2.00 bits per heavy atom. The zero-order valence-corrected chi connectivity index (χ0v) is 13.0. The molecule has 0 amide bonds. The number of aliphatic hydroxyl groups is 1. The minimum atomic E-state index is -0.0125. The van der Waals surface area contributed by atoms with E-state index in [0.29, 0.717) is 6.61 Å². The van der Waals surface area contributed by atoms with E-state index in [-0.39, 0.29) is 6.61 Å². The van der Waals surface area contributed by atoms with Crippen LogP contribution >= 0.6 is 11.3 Å². The van der Waals surface area contributed by atoms with Crippen molar-refractivity contribution in [3.8, 4) is 5.75 Å². The van der Waals surface area contributed by atoms with Crippen LogP contribution in [0.2, 0.25) is 0 Å². The Balaban J connectivity index is 2.08. The van der Waals surface area contributed by atoms with Gasteiger partial charge >= 0.3 is 0 Å². The van der Waals surface area contributed by atoms with E-state index >= 15 is 0 Å². The third-order valence-electron chi connectivity index (χ3n) is 3.16. The summed E-state index contributed by atoms with van der Waals surface area (Å²) in [6.45, 7) is 7.60. The van der Waals surface area contributed by atoms with Gasteiger partial charge in [0.25, 0.3) is 0 Å². The van der Waals surface area contributed by atoms with E-state index in [1.165, 1.54) is 15.3 Å². The number of benzene rings is 1. The minimum Gasteiger partial charge on any atom is -0.494 e. The maximum atomic E-state index is 9.40. The molecule has 0 fully saturated rings. The summed E-state index contributed by atoms with van der Waals surface area (Å²) >= 11 is 1.82. The molecule has 108 valence electrons. The maximum absolute atomic E-state index is 9.40. The number of ether oxygens (including phenoxy) is 1. The summed E-state index contributed by atoms with van der Waals surface area (Å²) in [6.07, 6.45) is 0. The van der Waals surface area contributed by atoms with Crippen LogP contribution in [0.3, 0.4) is 0 Å². The lowest BCUT2D eigenvalue weighted by Crippen LogP contribution is -2.02. The van der Waals surface area contributed by atoms with Crippen LogP contribution in [0.1, 0.15) is 27.8 Å². The lowest BCUT2D eigenvalue weighted by molar-refractivity contribution is 0.267. The van der Waals surface area contributed by atoms with Gasteiger partial charge in [-0.3, -0.25) is 0 Å². The molecule has 2 aromatic rings. The molecule has 1 heterocycles. The van der Waals surface area contributed by atoms with Gasteiger partial charge in [0.05, 0.1) is 13.2 Å². The summed E-state index contributed by atoms with van der Waals surface area (Å²) in [6, 6.07) is 8.05. The largest absolute Gasteiger partial charge is 0.494 e. The fourth-order valence-electron chi connectivity index (χ4n) is 2.17. The van der Waals surface area contributed by atoms with E-state index in [1.807, 2.05) is 36.5 Å². The molecule has 1 aromatic carbocycles. The standard InChI is InChI=1S/C16H21NO2S/c1-4-19-16-6-5-15(8-14(16)10-18)17-9-13-7-11(2)20-12(13)3/h5-8,17-18H,4,9-10H2,1-3H3. The van der Waals surface area contributed by atoms with Crippen molar-refractivity contribution in [2.45, 2.75) is 33.9 Å². The van der Waals surface area contributed by atoms with Gasteiger partial charge in [0.1, 0.15) is 5.75 Å². The zero-order valence-electron chi connectivity index (χ0n) is 12.2. The van der Waals surface area contributed by atoms with Crippen LogP contribution in [0.5, 0.6) is 5.75 Å². The quantitative estimate of drug-likeness (QED) is 0.849. The van der Waals surface area contributed by atoms with Gasteiger partial charge in [-0.1, -0.05) is 0 Å². The lowest BCUT2D eigenvalue weighted by Gasteiger charge is -2.12. The SMILES string of the molecule is CCOc1ccc(NCc2cc(C)sc2C)cc1CO. The van der Waals surface area contributed by atoms with E-state index < -0.39 is 0 Å². The molecule has 2 rings (SSSR count). The summed E-state index contributed by atoms with van der Waals surface area (Å²) in [7, 11) is 0. The number of hydrogen-bond donors (Lipinski definition) is 2. The minimum absolute atomic E-state index is 0.0125. The third-order valence-corrected chi connectivity index (χ3v) is 4.17. The van der Waals surface area contributed by atoms with Crippen LogP contribution < -0.4 is 10.1 Å². The number of rotatable bonds is 6. The number of nitrogens with one attached hydrogen (secondary N) is 1. The average Bonchev–Trinajstić information content (AvgIpc) is 2.76. The van der Waals surface area contributed by atoms with Crippen molar-refractivity contribution in [1.82, 2.24) is 0 Å². The van der Waals surface area contributed by atoms with Gasteiger partial charge in [0.15, 0.2) is 0 Å². The number of aliphatic hydroxyl groups excluding tert-OH is 1. The number of aryl methyl sites for hydroxylation is 2. The first-order valence-electron chi connectivity index (χ1n) is 6.80. The summed E-state index contributed by atoms with van der Waals surface area (Å²) in [4.78, 5) is 2.69. The van der Waals surface area contributed by atoms with Crippen molar-refractivity contribution in [1.29, 1.82) is 0 Å². The molecule has 0 saturated carbocycles. The van der Waals surface area contributed by atoms with Gasteiger partial charge in [-0.2, -0.15) is 0 Å². The van der Waals surface area contributed by atoms with E-state index in [4.69, 9.17) is 4.74 Å². The number of anilines is 1. The fourth-order valence-corrected chi connectivity index (χ4v) is 3.11. The first-order valence-corrected chi connectivity index (χ1v) is 7.62. The second kappa shape index (κ2) is 6.77. The summed E-state index contributed by atoms with van der Waals surface area (Å²) in [5.41, 5.74) is 3.14. The highest BCUT2D eigenvalue weighted by molar-refractivity contribution is 7.12. The van der Waals surface area contributed by atoms with Crippen LogP contribution in [0.15, 0.2) is 24.3 Å². The second-order valence-corrected chi connectivity index (χ2v) is 6.17. The van der Waals surface area contributed by atoms with Crippen molar-refractivity contribution in [3.05, 3.63) is 45.1 Å². The molecule has 0 radical (unpaired) electrons. The van der Waals surface area contributed by atoms with E-state index in [1.54, 1.807) is 0 Å². The highest BCUT2D eigenvalue weighted by atomic mass is 32.1. The van der Waals surface area contributed by atoms with Crippen molar-refractivity contribution < 1.29 is 9.84 Å². The molecular formula is C16H21NO2S. The molecule has 0 aliphatic rings. The Morgan fingerprint density at radius 1 is 1.20 bits per heavy atom. The van der Waals surface area contributed by atoms with Crippen molar-refractivity contribution in [3.63, 3.8) is 0 Å². The normalized spacial score (nSPS) is 10.6. The smallest absolute Gasteiger partial charge is 0.124 e. The van der Waals surface area contributed by atoms with Crippen molar-refractivity contribution in [2.75, 3.05) is 11.9 Å². The molecule has 20 heavy (non-hydrogen) atoms. The van der Waals surface area contributed by atoms with E-state index in [9.17, 15) is 5.11 Å². The molecule has 0 unspecified atom stereocenters. The molecule has 4 heteroatoms. The van der Waals surface area contributed by atoms with Crippen LogP contribution in [0, 0.1) is 13.8 Å². The molecule has 0 aliphatic carbocycles. The van der Waals surface area contributed by atoms with Gasteiger partial charge in [-0.05, 0) is 50.6 Å². The molecule has 0 bridgehead atoms.